The number of nitrogens with one attached hydrogen (secondary N) is 2. The van der Waals surface area contributed by atoms with Crippen molar-refractivity contribution in [3.63, 3.8) is 0 Å². The molecule has 0 aliphatic heterocycles. The van der Waals surface area contributed by atoms with Crippen LogP contribution in [0.1, 0.15) is 32.3 Å². The van der Waals surface area contributed by atoms with Gasteiger partial charge < -0.3 is 15.4 Å². The first-order chi connectivity index (χ1) is 11.2. The molecule has 0 saturated carbocycles. The second kappa shape index (κ2) is 14.0. The number of nitrogens with zero attached hydrogens (tertiary/aromatic N) is 2. The van der Waals surface area contributed by atoms with Crippen LogP contribution in [-0.4, -0.2) is 37.2 Å². The van der Waals surface area contributed by atoms with E-state index in [1.165, 1.54) is 12.1 Å². The van der Waals surface area contributed by atoms with E-state index < -0.39 is 4.92 Å². The van der Waals surface area contributed by atoms with Crippen LogP contribution < -0.4 is 10.6 Å². The number of non-ortho nitro benzene ring substituents is 1. The number of hydrogen-bond acceptors (Lipinski definition) is 4. The highest BCUT2D eigenvalue weighted by atomic mass is 127. The molecule has 136 valence electrons. The molecule has 0 bridgehead atoms. The number of aliphatic imine (C=N–C) groups is 1. The fraction of sp³-hybridized carbons (Fsp3) is 0.562. The predicted octanol–water partition coefficient (Wildman–Crippen LogP) is 3.08. The first-order valence-corrected chi connectivity index (χ1v) is 8.00. The molecule has 0 amide bonds. The molecule has 24 heavy (non-hydrogen) atoms. The van der Waals surface area contributed by atoms with Gasteiger partial charge in [-0.25, -0.2) is 4.99 Å². The van der Waals surface area contributed by atoms with Gasteiger partial charge in [0.15, 0.2) is 5.96 Å². The van der Waals surface area contributed by atoms with E-state index in [4.69, 9.17) is 4.74 Å². The van der Waals surface area contributed by atoms with E-state index in [0.717, 1.165) is 50.7 Å². The number of benzene rings is 1. The molecule has 0 heterocycles. The Bertz CT molecular complexity index is 495. The maximum absolute atomic E-state index is 10.6. The quantitative estimate of drug-likeness (QED) is 0.143. The average molecular weight is 450 g/mol. The van der Waals surface area contributed by atoms with Crippen molar-refractivity contribution < 1.29 is 9.66 Å². The van der Waals surface area contributed by atoms with Gasteiger partial charge in [0.05, 0.1) is 11.5 Å². The molecular formula is C16H27IN4O3. The van der Waals surface area contributed by atoms with E-state index in [9.17, 15) is 10.1 Å². The fourth-order valence-corrected chi connectivity index (χ4v) is 1.84. The van der Waals surface area contributed by atoms with Gasteiger partial charge in [-0.1, -0.05) is 19.1 Å². The van der Waals surface area contributed by atoms with Crippen molar-refractivity contribution in [3.8, 4) is 0 Å². The van der Waals surface area contributed by atoms with Crippen molar-refractivity contribution in [2.75, 3.05) is 26.3 Å². The lowest BCUT2D eigenvalue weighted by molar-refractivity contribution is -0.384. The van der Waals surface area contributed by atoms with Gasteiger partial charge in [-0.15, -0.1) is 24.0 Å². The number of ether oxygens (including phenoxy) is 1. The third-order valence-corrected chi connectivity index (χ3v) is 3.07. The molecule has 0 radical (unpaired) electrons. The van der Waals surface area contributed by atoms with E-state index in [0.29, 0.717) is 6.54 Å². The van der Waals surface area contributed by atoms with E-state index in [2.05, 4.69) is 22.5 Å². The van der Waals surface area contributed by atoms with E-state index in [1.807, 2.05) is 6.92 Å². The summed E-state index contributed by atoms with van der Waals surface area (Å²) in [5, 5.41) is 17.2. The Balaban J connectivity index is 0.00000529. The zero-order valence-corrected chi connectivity index (χ0v) is 16.6. The summed E-state index contributed by atoms with van der Waals surface area (Å²) in [5.41, 5.74) is 1.03. The molecule has 1 aromatic carbocycles. The van der Waals surface area contributed by atoms with Gasteiger partial charge >= 0.3 is 0 Å². The summed E-state index contributed by atoms with van der Waals surface area (Å²) < 4.78 is 5.30. The molecule has 0 aromatic heterocycles. The summed E-state index contributed by atoms with van der Waals surface area (Å²) in [5.74, 6) is 0.752. The van der Waals surface area contributed by atoms with Crippen LogP contribution in [-0.2, 0) is 11.3 Å². The van der Waals surface area contributed by atoms with Crippen LogP contribution in [0.2, 0.25) is 0 Å². The zero-order valence-electron chi connectivity index (χ0n) is 14.3. The van der Waals surface area contributed by atoms with Crippen LogP contribution in [0.25, 0.3) is 0 Å². The van der Waals surface area contributed by atoms with Crippen LogP contribution in [0.15, 0.2) is 29.3 Å². The molecule has 8 heteroatoms. The van der Waals surface area contributed by atoms with Gasteiger partial charge in [-0.05, 0) is 25.3 Å². The molecule has 1 rings (SSSR count). The second-order valence-corrected chi connectivity index (χ2v) is 4.99. The molecule has 0 aliphatic carbocycles. The Kier molecular flexibility index (Phi) is 13.1. The maximum Gasteiger partial charge on any atom is 0.269 e. The van der Waals surface area contributed by atoms with Gasteiger partial charge in [0, 0.05) is 38.4 Å². The van der Waals surface area contributed by atoms with Gasteiger partial charge in [0.25, 0.3) is 5.69 Å². The first-order valence-electron chi connectivity index (χ1n) is 8.00. The largest absolute Gasteiger partial charge is 0.382 e. The Morgan fingerprint density at radius 3 is 2.46 bits per heavy atom. The third kappa shape index (κ3) is 9.66. The molecule has 7 nitrogen and oxygen atoms in total. The molecule has 0 saturated heterocycles. The van der Waals surface area contributed by atoms with E-state index in [1.54, 1.807) is 12.1 Å². The van der Waals surface area contributed by atoms with E-state index >= 15 is 0 Å². The SMILES string of the molecule is CCCNC(=NCc1ccc([N+](=O)[O-])cc1)NCCCOCC.I. The monoisotopic (exact) mass is 450 g/mol. The van der Waals surface area contributed by atoms with Crippen molar-refractivity contribution in [1.29, 1.82) is 0 Å². The third-order valence-electron chi connectivity index (χ3n) is 3.07. The fourth-order valence-electron chi connectivity index (χ4n) is 1.84. The molecule has 2 N–H and O–H groups in total. The zero-order chi connectivity index (χ0) is 16.9. The lowest BCUT2D eigenvalue weighted by atomic mass is 10.2. The first kappa shape index (κ1) is 22.6. The van der Waals surface area contributed by atoms with Gasteiger partial charge in [0.1, 0.15) is 0 Å². The molecular weight excluding hydrogens is 423 g/mol. The van der Waals surface area contributed by atoms with Crippen LogP contribution in [0, 0.1) is 10.1 Å². The Hall–Kier alpha value is -1.42. The minimum Gasteiger partial charge on any atom is -0.382 e. The normalized spacial score (nSPS) is 10.8. The van der Waals surface area contributed by atoms with Crippen molar-refractivity contribution >= 4 is 35.6 Å². The minimum absolute atomic E-state index is 0. The second-order valence-electron chi connectivity index (χ2n) is 4.99. The summed E-state index contributed by atoms with van der Waals surface area (Å²) in [6.07, 6.45) is 1.93. The van der Waals surface area contributed by atoms with Crippen LogP contribution in [0.4, 0.5) is 5.69 Å². The van der Waals surface area contributed by atoms with Crippen molar-refractivity contribution in [2.45, 2.75) is 33.2 Å². The van der Waals surface area contributed by atoms with E-state index in [-0.39, 0.29) is 29.7 Å². The molecule has 0 atom stereocenters. The highest BCUT2D eigenvalue weighted by Gasteiger charge is 2.04. The lowest BCUT2D eigenvalue weighted by Gasteiger charge is -2.12. The molecule has 0 unspecified atom stereocenters. The molecule has 0 fully saturated rings. The summed E-state index contributed by atoms with van der Waals surface area (Å²) in [6.45, 7) is 7.64. The van der Waals surface area contributed by atoms with Crippen molar-refractivity contribution in [1.82, 2.24) is 10.6 Å². The highest BCUT2D eigenvalue weighted by molar-refractivity contribution is 14.0. The number of rotatable bonds is 10. The van der Waals surface area contributed by atoms with Gasteiger partial charge in [-0.2, -0.15) is 0 Å². The Morgan fingerprint density at radius 1 is 1.21 bits per heavy atom. The molecule has 0 spiro atoms. The van der Waals surface area contributed by atoms with Crippen molar-refractivity contribution in [2.24, 2.45) is 4.99 Å². The summed E-state index contributed by atoms with van der Waals surface area (Å²) in [6, 6.07) is 6.46. The number of hydrogen-bond donors (Lipinski definition) is 2. The van der Waals surface area contributed by atoms with Crippen LogP contribution in [0.5, 0.6) is 0 Å². The topological polar surface area (TPSA) is 88.8 Å². The Labute approximate surface area is 160 Å². The highest BCUT2D eigenvalue weighted by Crippen LogP contribution is 2.12. The van der Waals surface area contributed by atoms with Crippen molar-refractivity contribution in [3.05, 3.63) is 39.9 Å². The smallest absolute Gasteiger partial charge is 0.269 e. The average Bonchev–Trinajstić information content (AvgIpc) is 2.56. The molecule has 0 aliphatic rings. The van der Waals surface area contributed by atoms with Crippen LogP contribution in [0.3, 0.4) is 0 Å². The molecule has 1 aromatic rings. The summed E-state index contributed by atoms with van der Waals surface area (Å²) in [7, 11) is 0. The van der Waals surface area contributed by atoms with Crippen LogP contribution >= 0.6 is 24.0 Å². The van der Waals surface area contributed by atoms with Gasteiger partial charge in [0.2, 0.25) is 0 Å². The lowest BCUT2D eigenvalue weighted by Crippen LogP contribution is -2.38. The van der Waals surface area contributed by atoms with Gasteiger partial charge in [-0.3, -0.25) is 10.1 Å². The maximum atomic E-state index is 10.6. The minimum atomic E-state index is -0.402. The number of nitro benzene ring substituents is 1. The summed E-state index contributed by atoms with van der Waals surface area (Å²) >= 11 is 0. The number of halogens is 1. The Morgan fingerprint density at radius 2 is 1.88 bits per heavy atom. The number of guanidine groups is 1. The standard InChI is InChI=1S/C16H26N4O3.HI/c1-3-10-17-16(18-11-5-12-23-4-2)19-13-14-6-8-15(9-7-14)20(21)22;/h6-9H,3-5,10-13H2,1-2H3,(H2,17,18,19);1H. The number of nitro groups is 1. The predicted molar refractivity (Wildman–Crippen MR) is 107 cm³/mol. The summed E-state index contributed by atoms with van der Waals surface area (Å²) in [4.78, 5) is 14.7.